The van der Waals surface area contributed by atoms with Gasteiger partial charge in [-0.05, 0) is 37.5 Å². The highest BCUT2D eigenvalue weighted by atomic mass is 32.2. The van der Waals surface area contributed by atoms with Gasteiger partial charge >= 0.3 is 27.8 Å². The third-order valence-corrected chi connectivity index (χ3v) is 5.61. The lowest BCUT2D eigenvalue weighted by Gasteiger charge is -2.37. The number of anilines is 1. The standard InChI is InChI=1S/C17H15F6N3O5S/c1-30-15(27)9-5-6-10-11(8-9)24-13(14(25-10)31-32(28,29)17(21,22)23)26-7-3-2-4-12(26)16(18,19)20/h5-6,8,12H,2-4,7H2,1H3/t12-/m1/s1. The number of hydrogen-bond donors (Lipinski definition) is 0. The molecule has 32 heavy (non-hydrogen) atoms. The second kappa shape index (κ2) is 8.26. The van der Waals surface area contributed by atoms with E-state index in [1.165, 1.54) is 6.07 Å². The number of aromatic nitrogens is 2. The maximum atomic E-state index is 13.6. The predicted molar refractivity (Wildman–Crippen MR) is 97.5 cm³/mol. The topological polar surface area (TPSA) is 98.7 Å². The fraction of sp³-hybridized carbons (Fsp3) is 0.471. The van der Waals surface area contributed by atoms with Crippen LogP contribution in [0.2, 0.25) is 0 Å². The molecule has 0 saturated carbocycles. The van der Waals surface area contributed by atoms with Crippen molar-refractivity contribution >= 4 is 32.9 Å². The van der Waals surface area contributed by atoms with Gasteiger partial charge in [-0.3, -0.25) is 0 Å². The molecule has 2 heterocycles. The molecule has 1 aromatic carbocycles. The number of esters is 1. The molecule has 0 N–H and O–H groups in total. The number of methoxy groups -OCH3 is 1. The first-order chi connectivity index (χ1) is 14.7. The van der Waals surface area contributed by atoms with Crippen molar-refractivity contribution in [3.05, 3.63) is 23.8 Å². The lowest BCUT2D eigenvalue weighted by molar-refractivity contribution is -0.152. The van der Waals surface area contributed by atoms with Gasteiger partial charge in [0.15, 0.2) is 5.82 Å². The highest BCUT2D eigenvalue weighted by Gasteiger charge is 2.50. The highest BCUT2D eigenvalue weighted by molar-refractivity contribution is 7.88. The second-order valence-corrected chi connectivity index (χ2v) is 8.32. The molecule has 0 spiro atoms. The summed E-state index contributed by atoms with van der Waals surface area (Å²) in [7, 11) is -5.16. The highest BCUT2D eigenvalue weighted by Crippen LogP contribution is 2.39. The Morgan fingerprint density at radius 3 is 2.38 bits per heavy atom. The van der Waals surface area contributed by atoms with E-state index in [0.29, 0.717) is 4.90 Å². The van der Waals surface area contributed by atoms with E-state index < -0.39 is 51.9 Å². The minimum absolute atomic E-state index is 0.0529. The van der Waals surface area contributed by atoms with Crippen molar-refractivity contribution in [1.29, 1.82) is 0 Å². The first-order valence-electron chi connectivity index (χ1n) is 8.99. The Morgan fingerprint density at radius 2 is 1.78 bits per heavy atom. The maximum Gasteiger partial charge on any atom is 0.534 e. The molecular formula is C17H15F6N3O5S. The van der Waals surface area contributed by atoms with E-state index in [4.69, 9.17) is 0 Å². The molecular weight excluding hydrogens is 472 g/mol. The Kier molecular flexibility index (Phi) is 6.14. The smallest absolute Gasteiger partial charge is 0.465 e. The van der Waals surface area contributed by atoms with Gasteiger partial charge in [0.25, 0.3) is 5.88 Å². The van der Waals surface area contributed by atoms with E-state index in [1.807, 2.05) is 0 Å². The average molecular weight is 487 g/mol. The number of rotatable bonds is 4. The van der Waals surface area contributed by atoms with Gasteiger partial charge in [0.1, 0.15) is 6.04 Å². The quantitative estimate of drug-likeness (QED) is 0.280. The van der Waals surface area contributed by atoms with Gasteiger partial charge in [0, 0.05) is 6.54 Å². The number of benzene rings is 1. The van der Waals surface area contributed by atoms with Gasteiger partial charge in [0.05, 0.1) is 23.7 Å². The predicted octanol–water partition coefficient (Wildman–Crippen LogP) is 3.57. The van der Waals surface area contributed by atoms with Crippen LogP contribution in [-0.2, 0) is 14.9 Å². The molecule has 1 aromatic heterocycles. The normalized spacial score (nSPS) is 18.0. The minimum atomic E-state index is -6.24. The number of ether oxygens (including phenoxy) is 1. The largest absolute Gasteiger partial charge is 0.534 e. The lowest BCUT2D eigenvalue weighted by Crippen LogP contribution is -2.49. The number of alkyl halides is 6. The van der Waals surface area contributed by atoms with Crippen molar-refractivity contribution in [3.63, 3.8) is 0 Å². The van der Waals surface area contributed by atoms with Gasteiger partial charge < -0.3 is 13.8 Å². The Morgan fingerprint density at radius 1 is 1.09 bits per heavy atom. The zero-order valence-corrected chi connectivity index (χ0v) is 17.0. The molecule has 1 aliphatic heterocycles. The van der Waals surface area contributed by atoms with Gasteiger partial charge in [-0.15, -0.1) is 0 Å². The van der Waals surface area contributed by atoms with Crippen LogP contribution in [0.3, 0.4) is 0 Å². The summed E-state index contributed by atoms with van der Waals surface area (Å²) < 4.78 is 111. The molecule has 1 saturated heterocycles. The van der Waals surface area contributed by atoms with E-state index in [-0.39, 0.29) is 36.0 Å². The average Bonchev–Trinajstić information content (AvgIpc) is 2.70. The monoisotopic (exact) mass is 487 g/mol. The summed E-state index contributed by atoms with van der Waals surface area (Å²) in [6.45, 7) is -0.288. The Bertz CT molecular complexity index is 1140. The fourth-order valence-electron chi connectivity index (χ4n) is 3.19. The zero-order chi connectivity index (χ0) is 23.9. The molecule has 0 bridgehead atoms. The minimum Gasteiger partial charge on any atom is -0.465 e. The second-order valence-electron chi connectivity index (χ2n) is 6.78. The number of fused-ring (bicyclic) bond motifs is 1. The first kappa shape index (κ1) is 23.8. The summed E-state index contributed by atoms with van der Waals surface area (Å²) in [5.74, 6) is -2.90. The number of piperidine rings is 1. The third-order valence-electron chi connectivity index (χ3n) is 4.66. The van der Waals surface area contributed by atoms with Crippen LogP contribution in [0.4, 0.5) is 32.2 Å². The number of nitrogens with zero attached hydrogens (tertiary/aromatic N) is 3. The van der Waals surface area contributed by atoms with Crippen molar-refractivity contribution in [2.24, 2.45) is 0 Å². The Balaban J connectivity index is 2.22. The molecule has 176 valence electrons. The number of carbonyl (C=O) groups excluding carboxylic acids is 1. The van der Waals surface area contributed by atoms with Crippen LogP contribution in [0.25, 0.3) is 11.0 Å². The molecule has 8 nitrogen and oxygen atoms in total. The summed E-state index contributed by atoms with van der Waals surface area (Å²) in [5, 5.41) is 0. The van der Waals surface area contributed by atoms with Crippen LogP contribution in [0, 0.1) is 0 Å². The number of halogens is 6. The molecule has 2 aromatic rings. The van der Waals surface area contributed by atoms with Gasteiger partial charge in [-0.25, -0.2) is 14.8 Å². The molecule has 0 aliphatic carbocycles. The van der Waals surface area contributed by atoms with Crippen LogP contribution in [0.15, 0.2) is 18.2 Å². The van der Waals surface area contributed by atoms with Crippen LogP contribution in [-0.4, -0.2) is 55.7 Å². The van der Waals surface area contributed by atoms with Crippen LogP contribution < -0.4 is 9.08 Å². The molecule has 1 fully saturated rings. The summed E-state index contributed by atoms with van der Waals surface area (Å²) in [6, 6.07) is 1.24. The van der Waals surface area contributed by atoms with E-state index in [2.05, 4.69) is 18.9 Å². The fourth-order valence-corrected chi connectivity index (χ4v) is 3.61. The summed E-state index contributed by atoms with van der Waals surface area (Å²) >= 11 is 0. The van der Waals surface area contributed by atoms with Gasteiger partial charge in [0.2, 0.25) is 0 Å². The SMILES string of the molecule is COC(=O)c1ccc2nc(OS(=O)(=O)C(F)(F)F)c(N3CCCC[C@@H]3C(F)(F)F)nc2c1. The Labute approximate surface area is 177 Å². The Hall–Kier alpha value is -2.84. The van der Waals surface area contributed by atoms with E-state index in [0.717, 1.165) is 19.2 Å². The molecule has 0 unspecified atom stereocenters. The van der Waals surface area contributed by atoms with Crippen molar-refractivity contribution in [2.75, 3.05) is 18.6 Å². The van der Waals surface area contributed by atoms with E-state index >= 15 is 0 Å². The van der Waals surface area contributed by atoms with E-state index in [9.17, 15) is 39.6 Å². The van der Waals surface area contributed by atoms with Gasteiger partial charge in [-0.2, -0.15) is 34.8 Å². The van der Waals surface area contributed by atoms with Crippen LogP contribution in [0.5, 0.6) is 5.88 Å². The van der Waals surface area contributed by atoms with Crippen molar-refractivity contribution in [1.82, 2.24) is 9.97 Å². The molecule has 3 rings (SSSR count). The van der Waals surface area contributed by atoms with Crippen LogP contribution in [0.1, 0.15) is 29.6 Å². The van der Waals surface area contributed by atoms with Crippen molar-refractivity contribution in [3.8, 4) is 5.88 Å². The zero-order valence-electron chi connectivity index (χ0n) is 16.2. The summed E-state index contributed by atoms with van der Waals surface area (Å²) in [5.41, 5.74) is -6.29. The number of hydrogen-bond acceptors (Lipinski definition) is 8. The van der Waals surface area contributed by atoms with Gasteiger partial charge in [-0.1, -0.05) is 0 Å². The molecule has 0 radical (unpaired) electrons. The lowest BCUT2D eigenvalue weighted by atomic mass is 10.0. The van der Waals surface area contributed by atoms with Crippen molar-refractivity contribution < 1.29 is 48.5 Å². The molecule has 15 heteroatoms. The third kappa shape index (κ3) is 4.66. The van der Waals surface area contributed by atoms with Crippen molar-refractivity contribution in [2.45, 2.75) is 37.0 Å². The molecule has 0 amide bonds. The summed E-state index contributed by atoms with van der Waals surface area (Å²) in [6.07, 6.45) is -4.76. The molecule has 1 atom stereocenters. The summed E-state index contributed by atoms with van der Waals surface area (Å²) in [4.78, 5) is 19.9. The molecule has 1 aliphatic rings. The van der Waals surface area contributed by atoms with E-state index in [1.54, 1.807) is 0 Å². The maximum absolute atomic E-state index is 13.6. The first-order valence-corrected chi connectivity index (χ1v) is 10.4. The number of carbonyl (C=O) groups is 1. The van der Waals surface area contributed by atoms with Crippen LogP contribution >= 0.6 is 0 Å².